The fourth-order valence-corrected chi connectivity index (χ4v) is 3.99. The van der Waals surface area contributed by atoms with E-state index in [2.05, 4.69) is 10.2 Å². The summed E-state index contributed by atoms with van der Waals surface area (Å²) in [5.74, 6) is 1.77. The minimum Gasteiger partial charge on any atom is -0.454 e. The number of fused-ring (bicyclic) bond motifs is 1. The summed E-state index contributed by atoms with van der Waals surface area (Å²) in [6, 6.07) is 5.44. The van der Waals surface area contributed by atoms with Crippen molar-refractivity contribution in [3.63, 3.8) is 0 Å². The summed E-state index contributed by atoms with van der Waals surface area (Å²) in [6.07, 6.45) is 0.0758. The van der Waals surface area contributed by atoms with Gasteiger partial charge in [-0.25, -0.2) is 0 Å². The lowest BCUT2D eigenvalue weighted by atomic mass is 10.2. The Labute approximate surface area is 161 Å². The van der Waals surface area contributed by atoms with Gasteiger partial charge in [-0.05, 0) is 39.0 Å². The van der Waals surface area contributed by atoms with Gasteiger partial charge >= 0.3 is 0 Å². The number of thioether (sulfide) groups is 1. The normalized spacial score (nSPS) is 22.7. The number of ether oxygens (including phenoxy) is 3. The Bertz CT molecular complexity index is 832. The van der Waals surface area contributed by atoms with Crippen molar-refractivity contribution in [1.82, 2.24) is 15.1 Å². The lowest BCUT2D eigenvalue weighted by Crippen LogP contribution is -2.50. The second kappa shape index (κ2) is 7.40. The number of nitrogens with zero attached hydrogens (tertiary/aromatic N) is 3. The number of rotatable bonds is 4. The number of benzene rings is 1. The molecule has 1 amide bonds. The van der Waals surface area contributed by atoms with Crippen LogP contribution in [0, 0.1) is 0 Å². The molecule has 1 aromatic heterocycles. The second-order valence-electron chi connectivity index (χ2n) is 6.70. The summed E-state index contributed by atoms with van der Waals surface area (Å²) in [7, 11) is 0. The maximum atomic E-state index is 12.7. The molecule has 1 saturated heterocycles. The molecule has 1 fully saturated rings. The van der Waals surface area contributed by atoms with Crippen LogP contribution in [0.4, 0.5) is 0 Å². The Morgan fingerprint density at radius 1 is 1.19 bits per heavy atom. The highest BCUT2D eigenvalue weighted by Crippen LogP contribution is 2.36. The average molecular weight is 391 g/mol. The molecule has 144 valence electrons. The summed E-state index contributed by atoms with van der Waals surface area (Å²) in [5, 5.41) is 8.18. The van der Waals surface area contributed by atoms with Crippen molar-refractivity contribution in [2.24, 2.45) is 0 Å². The van der Waals surface area contributed by atoms with Crippen LogP contribution in [-0.2, 0) is 9.53 Å². The van der Waals surface area contributed by atoms with Crippen molar-refractivity contribution in [1.29, 1.82) is 0 Å². The second-order valence-corrected chi connectivity index (χ2v) is 7.99. The molecule has 0 aliphatic carbocycles. The van der Waals surface area contributed by atoms with Gasteiger partial charge in [-0.3, -0.25) is 4.79 Å². The first kappa shape index (κ1) is 18.1. The third kappa shape index (κ3) is 3.89. The monoisotopic (exact) mass is 391 g/mol. The van der Waals surface area contributed by atoms with E-state index in [1.165, 1.54) is 11.8 Å². The van der Waals surface area contributed by atoms with Gasteiger partial charge < -0.3 is 23.5 Å². The molecular weight excluding hydrogens is 370 g/mol. The number of carbonyl (C=O) groups is 1. The predicted molar refractivity (Wildman–Crippen MR) is 97.8 cm³/mol. The largest absolute Gasteiger partial charge is 0.454 e. The Balaban J connectivity index is 1.42. The lowest BCUT2D eigenvalue weighted by Gasteiger charge is -2.36. The molecule has 2 aliphatic heterocycles. The minimum absolute atomic E-state index is 0.0379. The first-order valence-electron chi connectivity index (χ1n) is 8.84. The van der Waals surface area contributed by atoms with Crippen molar-refractivity contribution in [2.75, 3.05) is 19.9 Å². The Morgan fingerprint density at radius 2 is 1.93 bits per heavy atom. The van der Waals surface area contributed by atoms with Gasteiger partial charge in [0.25, 0.3) is 5.22 Å². The molecule has 0 spiro atoms. The topological polar surface area (TPSA) is 86.9 Å². The Morgan fingerprint density at radius 3 is 2.70 bits per heavy atom. The molecule has 0 N–H and O–H groups in total. The molecule has 0 saturated carbocycles. The van der Waals surface area contributed by atoms with Crippen molar-refractivity contribution >= 4 is 17.7 Å². The van der Waals surface area contributed by atoms with Crippen LogP contribution in [0.1, 0.15) is 20.8 Å². The smallest absolute Gasteiger partial charge is 0.277 e. The molecule has 2 aromatic rings. The van der Waals surface area contributed by atoms with Crippen LogP contribution < -0.4 is 9.47 Å². The van der Waals surface area contributed by atoms with Crippen LogP contribution in [0.2, 0.25) is 0 Å². The molecule has 27 heavy (non-hydrogen) atoms. The van der Waals surface area contributed by atoms with Gasteiger partial charge in [0.2, 0.25) is 18.6 Å². The zero-order chi connectivity index (χ0) is 19.0. The van der Waals surface area contributed by atoms with E-state index in [4.69, 9.17) is 18.6 Å². The average Bonchev–Trinajstić information content (AvgIpc) is 3.28. The summed E-state index contributed by atoms with van der Waals surface area (Å²) in [4.78, 5) is 14.6. The molecule has 9 heteroatoms. The third-order valence-corrected chi connectivity index (χ3v) is 5.30. The zero-order valence-corrected chi connectivity index (χ0v) is 16.2. The van der Waals surface area contributed by atoms with Crippen molar-refractivity contribution in [3.8, 4) is 23.0 Å². The summed E-state index contributed by atoms with van der Waals surface area (Å²) < 4.78 is 22.1. The van der Waals surface area contributed by atoms with Gasteiger partial charge in [-0.15, -0.1) is 10.2 Å². The summed E-state index contributed by atoms with van der Waals surface area (Å²) in [5.41, 5.74) is 0.744. The van der Waals surface area contributed by atoms with Crippen LogP contribution in [0.15, 0.2) is 27.8 Å². The van der Waals surface area contributed by atoms with Crippen LogP contribution in [0.25, 0.3) is 11.5 Å². The number of amides is 1. The maximum absolute atomic E-state index is 12.7. The standard InChI is InChI=1S/C18H21N3O5S/c1-10-7-21(8-11(2)25-10)17(22)12(3)27-18-20-19-16(26-18)13-4-5-14-15(6-13)24-9-23-14/h4-6,10-12H,7-9H2,1-3H3/t10-,11-,12-/m1/s1. The van der Waals surface area contributed by atoms with Gasteiger partial charge in [0.05, 0.1) is 17.5 Å². The molecule has 1 aromatic carbocycles. The van der Waals surface area contributed by atoms with E-state index in [-0.39, 0.29) is 30.2 Å². The fraction of sp³-hybridized carbons (Fsp3) is 0.500. The number of hydrogen-bond donors (Lipinski definition) is 0. The molecule has 0 radical (unpaired) electrons. The lowest BCUT2D eigenvalue weighted by molar-refractivity contribution is -0.142. The van der Waals surface area contributed by atoms with Crippen molar-refractivity contribution < 1.29 is 23.4 Å². The number of hydrogen-bond acceptors (Lipinski definition) is 8. The molecule has 3 atom stereocenters. The van der Waals surface area contributed by atoms with Gasteiger partial charge in [0, 0.05) is 18.7 Å². The highest BCUT2D eigenvalue weighted by atomic mass is 32.2. The van der Waals surface area contributed by atoms with Crippen molar-refractivity contribution in [3.05, 3.63) is 18.2 Å². The highest BCUT2D eigenvalue weighted by Gasteiger charge is 2.30. The van der Waals surface area contributed by atoms with Gasteiger partial charge in [-0.2, -0.15) is 0 Å². The van der Waals surface area contributed by atoms with E-state index in [0.717, 1.165) is 5.56 Å². The third-order valence-electron chi connectivity index (χ3n) is 4.38. The highest BCUT2D eigenvalue weighted by molar-refractivity contribution is 8.00. The summed E-state index contributed by atoms with van der Waals surface area (Å²) in [6.45, 7) is 7.21. The first-order chi connectivity index (χ1) is 13.0. The van der Waals surface area contributed by atoms with Crippen LogP contribution >= 0.6 is 11.8 Å². The Kier molecular flexibility index (Phi) is 4.96. The number of aromatic nitrogens is 2. The van der Waals surface area contributed by atoms with E-state index in [9.17, 15) is 4.79 Å². The molecule has 3 heterocycles. The Hall–Kier alpha value is -2.26. The SMILES string of the molecule is C[C@@H]1CN(C(=O)[C@@H](C)Sc2nnc(-c3ccc4c(c3)OCO4)o2)C[C@@H](C)O1. The molecule has 0 unspecified atom stereocenters. The van der Waals surface area contributed by atoms with Crippen LogP contribution in [0.5, 0.6) is 11.5 Å². The predicted octanol–water partition coefficient (Wildman–Crippen LogP) is 2.58. The van der Waals surface area contributed by atoms with E-state index < -0.39 is 0 Å². The van der Waals surface area contributed by atoms with Crippen molar-refractivity contribution in [2.45, 2.75) is 43.5 Å². The minimum atomic E-state index is -0.326. The number of carbonyl (C=O) groups excluding carboxylic acids is 1. The van der Waals surface area contributed by atoms with Gasteiger partial charge in [0.1, 0.15) is 0 Å². The van der Waals surface area contributed by atoms with E-state index >= 15 is 0 Å². The van der Waals surface area contributed by atoms with E-state index in [1.807, 2.05) is 37.8 Å². The maximum Gasteiger partial charge on any atom is 0.277 e. The fourth-order valence-electron chi connectivity index (χ4n) is 3.22. The molecule has 4 rings (SSSR count). The van der Waals surface area contributed by atoms with Crippen LogP contribution in [-0.4, -0.2) is 58.3 Å². The molecule has 0 bridgehead atoms. The molecule has 8 nitrogen and oxygen atoms in total. The van der Waals surface area contributed by atoms with E-state index in [1.54, 1.807) is 6.07 Å². The zero-order valence-electron chi connectivity index (χ0n) is 15.4. The van der Waals surface area contributed by atoms with Gasteiger partial charge in [-0.1, -0.05) is 11.8 Å². The first-order valence-corrected chi connectivity index (χ1v) is 9.72. The summed E-state index contributed by atoms with van der Waals surface area (Å²) >= 11 is 1.26. The van der Waals surface area contributed by atoms with Crippen LogP contribution in [0.3, 0.4) is 0 Å². The molecular formula is C18H21N3O5S. The quantitative estimate of drug-likeness (QED) is 0.735. The molecule has 2 aliphatic rings. The number of morpholine rings is 1. The van der Waals surface area contributed by atoms with E-state index in [0.29, 0.717) is 35.7 Å². The van der Waals surface area contributed by atoms with Gasteiger partial charge in [0.15, 0.2) is 11.5 Å².